The Morgan fingerprint density at radius 3 is 2.43 bits per heavy atom. The Bertz CT molecular complexity index is 791. The van der Waals surface area contributed by atoms with Gasteiger partial charge in [-0.2, -0.15) is 18.2 Å². The van der Waals surface area contributed by atoms with Gasteiger partial charge >= 0.3 is 0 Å². The van der Waals surface area contributed by atoms with Gasteiger partial charge in [0.2, 0.25) is 0 Å². The molecule has 0 radical (unpaired) electrons. The normalized spacial score (nSPS) is 11.8. The van der Waals surface area contributed by atoms with E-state index in [0.29, 0.717) is 5.56 Å². The standard InChI is InChI=1S/C13H17N3O4S/c1-10-12(9-14-20-21(3,18)19)13(17)16(15(10)2)11-7-5-4-6-8-11/h4-8,14H,9H2,1-3H3. The topological polar surface area (TPSA) is 82.3 Å². The molecule has 1 N–H and O–H groups in total. The average molecular weight is 311 g/mol. The Morgan fingerprint density at radius 2 is 1.86 bits per heavy atom. The summed E-state index contributed by atoms with van der Waals surface area (Å²) < 4.78 is 29.5. The van der Waals surface area contributed by atoms with Crippen LogP contribution >= 0.6 is 0 Å². The van der Waals surface area contributed by atoms with Gasteiger partial charge in [0, 0.05) is 12.7 Å². The van der Waals surface area contributed by atoms with Crippen molar-refractivity contribution in [1.29, 1.82) is 0 Å². The van der Waals surface area contributed by atoms with Crippen LogP contribution in [0.5, 0.6) is 0 Å². The predicted molar refractivity (Wildman–Crippen MR) is 78.5 cm³/mol. The van der Waals surface area contributed by atoms with Crippen molar-refractivity contribution in [1.82, 2.24) is 14.8 Å². The Hall–Kier alpha value is -1.90. The minimum Gasteiger partial charge on any atom is -0.285 e. The minimum atomic E-state index is -3.60. The van der Waals surface area contributed by atoms with Gasteiger partial charge in [-0.15, -0.1) is 0 Å². The lowest BCUT2D eigenvalue weighted by Gasteiger charge is -2.07. The second-order valence-corrected chi connectivity index (χ2v) is 6.22. The Kier molecular flexibility index (Phi) is 4.31. The van der Waals surface area contributed by atoms with Gasteiger partial charge in [-0.25, -0.2) is 4.68 Å². The number of nitrogens with zero attached hydrogens (tertiary/aromatic N) is 2. The second kappa shape index (κ2) is 5.84. The molecule has 1 heterocycles. The number of rotatable bonds is 5. The fourth-order valence-electron chi connectivity index (χ4n) is 2.04. The van der Waals surface area contributed by atoms with Crippen LogP contribution in [0.1, 0.15) is 11.3 Å². The molecule has 0 fully saturated rings. The summed E-state index contributed by atoms with van der Waals surface area (Å²) >= 11 is 0. The summed E-state index contributed by atoms with van der Waals surface area (Å²) in [5.74, 6) is 0. The van der Waals surface area contributed by atoms with Crippen molar-refractivity contribution in [2.24, 2.45) is 7.05 Å². The summed E-state index contributed by atoms with van der Waals surface area (Å²) in [5.41, 5.74) is 4.00. The van der Waals surface area contributed by atoms with E-state index in [2.05, 4.69) is 9.76 Å². The van der Waals surface area contributed by atoms with Crippen LogP contribution in [0, 0.1) is 6.92 Å². The molecule has 8 heteroatoms. The molecule has 1 aromatic carbocycles. The lowest BCUT2D eigenvalue weighted by Crippen LogP contribution is -2.25. The van der Waals surface area contributed by atoms with Crippen LogP contribution in [0.2, 0.25) is 0 Å². The number of nitrogens with one attached hydrogen (secondary N) is 1. The molecule has 0 aliphatic rings. The molecule has 2 aromatic rings. The van der Waals surface area contributed by atoms with Crippen LogP contribution in [0.4, 0.5) is 0 Å². The smallest absolute Gasteiger partial charge is 0.280 e. The lowest BCUT2D eigenvalue weighted by atomic mass is 10.2. The van der Waals surface area contributed by atoms with E-state index in [-0.39, 0.29) is 12.1 Å². The van der Waals surface area contributed by atoms with Gasteiger partial charge in [0.25, 0.3) is 15.7 Å². The first-order chi connectivity index (χ1) is 9.81. The molecule has 0 bridgehead atoms. The zero-order valence-corrected chi connectivity index (χ0v) is 12.8. The zero-order chi connectivity index (χ0) is 15.6. The molecule has 7 nitrogen and oxygen atoms in total. The minimum absolute atomic E-state index is 0.00537. The van der Waals surface area contributed by atoms with Crippen molar-refractivity contribution in [3.63, 3.8) is 0 Å². The molecule has 0 saturated heterocycles. The van der Waals surface area contributed by atoms with Crippen molar-refractivity contribution in [3.8, 4) is 5.69 Å². The van der Waals surface area contributed by atoms with Crippen LogP contribution in [-0.4, -0.2) is 24.0 Å². The molecular weight excluding hydrogens is 294 g/mol. The molecule has 0 aliphatic heterocycles. The Balaban J connectivity index is 2.35. The summed E-state index contributed by atoms with van der Waals surface area (Å²) in [4.78, 5) is 12.5. The van der Waals surface area contributed by atoms with Crippen molar-refractivity contribution >= 4 is 10.1 Å². The monoisotopic (exact) mass is 311 g/mol. The number of hydrogen-bond donors (Lipinski definition) is 1. The Morgan fingerprint density at radius 1 is 1.24 bits per heavy atom. The van der Waals surface area contributed by atoms with Gasteiger partial charge in [-0.3, -0.25) is 9.48 Å². The maximum atomic E-state index is 12.5. The van der Waals surface area contributed by atoms with E-state index in [9.17, 15) is 13.2 Å². The third-order valence-corrected chi connectivity index (χ3v) is 3.55. The Labute approximate surface area is 122 Å². The maximum absolute atomic E-state index is 12.5. The SMILES string of the molecule is Cc1c(CNOS(C)(=O)=O)c(=O)n(-c2ccccc2)n1C. The van der Waals surface area contributed by atoms with Gasteiger partial charge < -0.3 is 0 Å². The molecule has 21 heavy (non-hydrogen) atoms. The first kappa shape index (κ1) is 15.5. The van der Waals surface area contributed by atoms with E-state index in [1.165, 1.54) is 4.68 Å². The molecule has 0 aliphatic carbocycles. The molecule has 0 saturated carbocycles. The molecule has 0 atom stereocenters. The van der Waals surface area contributed by atoms with Gasteiger partial charge in [-0.05, 0) is 19.1 Å². The van der Waals surface area contributed by atoms with Gasteiger partial charge in [0.05, 0.1) is 24.1 Å². The van der Waals surface area contributed by atoms with Crippen molar-refractivity contribution in [2.75, 3.05) is 6.26 Å². The van der Waals surface area contributed by atoms with Crippen LogP contribution in [0.3, 0.4) is 0 Å². The molecule has 0 amide bonds. The summed E-state index contributed by atoms with van der Waals surface area (Å²) in [5, 5.41) is 0. The number of hydroxylamine groups is 1. The first-order valence-corrected chi connectivity index (χ1v) is 8.07. The van der Waals surface area contributed by atoms with E-state index in [1.807, 2.05) is 30.3 Å². The van der Waals surface area contributed by atoms with E-state index < -0.39 is 10.1 Å². The summed E-state index contributed by atoms with van der Waals surface area (Å²) in [7, 11) is -1.83. The quantitative estimate of drug-likeness (QED) is 0.812. The molecule has 2 rings (SSSR count). The van der Waals surface area contributed by atoms with Crippen LogP contribution in [0.15, 0.2) is 35.1 Å². The molecule has 114 valence electrons. The highest BCUT2D eigenvalue weighted by Gasteiger charge is 2.16. The number of para-hydroxylation sites is 1. The highest BCUT2D eigenvalue weighted by Crippen LogP contribution is 2.09. The van der Waals surface area contributed by atoms with Gasteiger partial charge in [0.15, 0.2) is 0 Å². The largest absolute Gasteiger partial charge is 0.285 e. The predicted octanol–water partition coefficient (Wildman–Crippen LogP) is 0.465. The number of aromatic nitrogens is 2. The van der Waals surface area contributed by atoms with Crippen LogP contribution in [-0.2, 0) is 28.0 Å². The van der Waals surface area contributed by atoms with Crippen molar-refractivity contribution in [2.45, 2.75) is 13.5 Å². The van der Waals surface area contributed by atoms with Crippen LogP contribution in [0.25, 0.3) is 5.69 Å². The highest BCUT2D eigenvalue weighted by atomic mass is 32.2. The molecule has 1 aromatic heterocycles. The summed E-state index contributed by atoms with van der Waals surface area (Å²) in [6.07, 6.45) is 0.931. The van der Waals surface area contributed by atoms with E-state index in [1.54, 1.807) is 18.7 Å². The third kappa shape index (κ3) is 3.41. The third-order valence-electron chi connectivity index (χ3n) is 3.13. The summed E-state index contributed by atoms with van der Waals surface area (Å²) in [6, 6.07) is 9.20. The molecular formula is C13H17N3O4S. The van der Waals surface area contributed by atoms with E-state index in [4.69, 9.17) is 0 Å². The second-order valence-electron chi connectivity index (χ2n) is 4.65. The summed E-state index contributed by atoms with van der Waals surface area (Å²) in [6.45, 7) is 1.80. The van der Waals surface area contributed by atoms with Crippen molar-refractivity contribution in [3.05, 3.63) is 51.9 Å². The van der Waals surface area contributed by atoms with Gasteiger partial charge in [-0.1, -0.05) is 18.2 Å². The highest BCUT2D eigenvalue weighted by molar-refractivity contribution is 7.85. The molecule has 0 unspecified atom stereocenters. The van der Waals surface area contributed by atoms with Gasteiger partial charge in [0.1, 0.15) is 0 Å². The maximum Gasteiger partial charge on any atom is 0.280 e. The number of benzene rings is 1. The fraction of sp³-hybridized carbons (Fsp3) is 0.308. The number of hydrogen-bond acceptors (Lipinski definition) is 5. The van der Waals surface area contributed by atoms with Crippen molar-refractivity contribution < 1.29 is 12.7 Å². The average Bonchev–Trinajstić information content (AvgIpc) is 2.62. The molecule has 0 spiro atoms. The van der Waals surface area contributed by atoms with E-state index in [0.717, 1.165) is 17.6 Å². The van der Waals surface area contributed by atoms with Crippen LogP contribution < -0.4 is 11.0 Å². The fourth-order valence-corrected chi connectivity index (χ4v) is 2.31. The van der Waals surface area contributed by atoms with E-state index >= 15 is 0 Å². The first-order valence-electron chi connectivity index (χ1n) is 6.25. The zero-order valence-electron chi connectivity index (χ0n) is 12.0. The lowest BCUT2D eigenvalue weighted by molar-refractivity contribution is 0.200.